The molecule has 4 rings (SSSR count). The van der Waals surface area contributed by atoms with Crippen molar-refractivity contribution >= 4 is 11.9 Å². The number of carbonyl (C=O) groups excluding carboxylic acids is 2. The van der Waals surface area contributed by atoms with Crippen LogP contribution in [0.1, 0.15) is 33.8 Å². The standard InChI is InChI=1S/C27H27FN2O3/c1-33-27(32)25-16-21(29-26(31)22-14-8-9-15-24(22)28)17-30(25)18-23(19-10-4-2-5-11-19)20-12-6-3-7-13-20/h2-15,21,23,25H,16-18H2,1H3,(H,29,31)/t21-,25+/m1/s1. The van der Waals surface area contributed by atoms with E-state index in [2.05, 4.69) is 34.5 Å². The Morgan fingerprint density at radius 1 is 0.970 bits per heavy atom. The van der Waals surface area contributed by atoms with Gasteiger partial charge in [0.05, 0.1) is 12.7 Å². The zero-order valence-electron chi connectivity index (χ0n) is 18.5. The summed E-state index contributed by atoms with van der Waals surface area (Å²) in [7, 11) is 1.37. The van der Waals surface area contributed by atoms with E-state index in [1.165, 1.54) is 19.2 Å². The van der Waals surface area contributed by atoms with Crippen LogP contribution in [0.25, 0.3) is 0 Å². The molecule has 0 unspecified atom stereocenters. The molecular weight excluding hydrogens is 419 g/mol. The number of methoxy groups -OCH3 is 1. The number of hydrogen-bond donors (Lipinski definition) is 1. The average Bonchev–Trinajstić information content (AvgIpc) is 3.25. The predicted octanol–water partition coefficient (Wildman–Crippen LogP) is 4.00. The highest BCUT2D eigenvalue weighted by Gasteiger charge is 2.39. The second-order valence-electron chi connectivity index (χ2n) is 8.25. The number of benzene rings is 3. The van der Waals surface area contributed by atoms with Crippen molar-refractivity contribution < 1.29 is 18.7 Å². The Morgan fingerprint density at radius 2 is 1.55 bits per heavy atom. The molecule has 170 valence electrons. The molecule has 0 bridgehead atoms. The fourth-order valence-corrected chi connectivity index (χ4v) is 4.51. The zero-order chi connectivity index (χ0) is 23.2. The van der Waals surface area contributed by atoms with Gasteiger partial charge in [0.1, 0.15) is 11.9 Å². The topological polar surface area (TPSA) is 58.6 Å². The summed E-state index contributed by atoms with van der Waals surface area (Å²) in [5, 5.41) is 2.90. The Hall–Kier alpha value is -3.51. The van der Waals surface area contributed by atoms with Crippen molar-refractivity contribution in [2.75, 3.05) is 20.2 Å². The molecule has 1 saturated heterocycles. The van der Waals surface area contributed by atoms with Gasteiger partial charge in [-0.15, -0.1) is 0 Å². The molecule has 1 N–H and O–H groups in total. The third-order valence-corrected chi connectivity index (χ3v) is 6.15. The number of ether oxygens (including phenoxy) is 1. The normalized spacial score (nSPS) is 18.3. The van der Waals surface area contributed by atoms with Crippen molar-refractivity contribution in [2.45, 2.75) is 24.4 Å². The first-order valence-electron chi connectivity index (χ1n) is 11.0. The first-order valence-corrected chi connectivity index (χ1v) is 11.0. The molecule has 0 spiro atoms. The van der Waals surface area contributed by atoms with E-state index in [0.29, 0.717) is 19.5 Å². The van der Waals surface area contributed by atoms with Crippen LogP contribution in [0.3, 0.4) is 0 Å². The summed E-state index contributed by atoms with van der Waals surface area (Å²) < 4.78 is 19.1. The molecule has 2 atom stereocenters. The van der Waals surface area contributed by atoms with Crippen LogP contribution >= 0.6 is 0 Å². The lowest BCUT2D eigenvalue weighted by molar-refractivity contribution is -0.145. The minimum absolute atomic E-state index is 0.00276. The summed E-state index contributed by atoms with van der Waals surface area (Å²) in [6.07, 6.45) is 0.406. The van der Waals surface area contributed by atoms with E-state index in [9.17, 15) is 14.0 Å². The summed E-state index contributed by atoms with van der Waals surface area (Å²) in [6, 6.07) is 25.4. The third kappa shape index (κ3) is 5.29. The van der Waals surface area contributed by atoms with Crippen LogP contribution in [0, 0.1) is 5.82 Å². The Bertz CT molecular complexity index is 1050. The first kappa shape index (κ1) is 22.7. The van der Waals surface area contributed by atoms with Gasteiger partial charge in [-0.2, -0.15) is 0 Å². The van der Waals surface area contributed by atoms with E-state index >= 15 is 0 Å². The van der Waals surface area contributed by atoms with Gasteiger partial charge < -0.3 is 10.1 Å². The van der Waals surface area contributed by atoms with Gasteiger partial charge in [-0.1, -0.05) is 72.8 Å². The Balaban J connectivity index is 1.56. The zero-order valence-corrected chi connectivity index (χ0v) is 18.5. The number of hydrogen-bond acceptors (Lipinski definition) is 4. The molecule has 0 aliphatic carbocycles. The van der Waals surface area contributed by atoms with Crippen LogP contribution in [-0.4, -0.2) is 49.1 Å². The maximum atomic E-state index is 14.1. The predicted molar refractivity (Wildman–Crippen MR) is 124 cm³/mol. The fraction of sp³-hybridized carbons (Fsp3) is 0.259. The number of carbonyl (C=O) groups is 2. The molecular formula is C27H27FN2O3. The number of likely N-dealkylation sites (tertiary alicyclic amines) is 1. The summed E-state index contributed by atoms with van der Waals surface area (Å²) in [6.45, 7) is 1.05. The van der Waals surface area contributed by atoms with Gasteiger partial charge in [-0.25, -0.2) is 4.39 Å². The molecule has 3 aromatic carbocycles. The van der Waals surface area contributed by atoms with Crippen molar-refractivity contribution in [3.05, 3.63) is 107 Å². The SMILES string of the molecule is COC(=O)[C@@H]1C[C@@H](NC(=O)c2ccccc2F)CN1CC(c1ccccc1)c1ccccc1. The maximum absolute atomic E-state index is 14.1. The quantitative estimate of drug-likeness (QED) is 0.558. The second-order valence-corrected chi connectivity index (χ2v) is 8.25. The van der Waals surface area contributed by atoms with Gasteiger partial charge in [-0.05, 0) is 29.7 Å². The van der Waals surface area contributed by atoms with Gasteiger partial charge in [-0.3, -0.25) is 14.5 Å². The lowest BCUT2D eigenvalue weighted by Crippen LogP contribution is -2.40. The van der Waals surface area contributed by atoms with E-state index in [1.54, 1.807) is 12.1 Å². The number of esters is 1. The minimum Gasteiger partial charge on any atom is -0.468 e. The molecule has 1 heterocycles. The fourth-order valence-electron chi connectivity index (χ4n) is 4.51. The van der Waals surface area contributed by atoms with Crippen LogP contribution in [0.5, 0.6) is 0 Å². The lowest BCUT2D eigenvalue weighted by atomic mass is 9.90. The largest absolute Gasteiger partial charge is 0.468 e. The van der Waals surface area contributed by atoms with Crippen molar-refractivity contribution in [2.24, 2.45) is 0 Å². The molecule has 3 aromatic rings. The number of rotatable bonds is 7. The van der Waals surface area contributed by atoms with Crippen LogP contribution in [0.2, 0.25) is 0 Å². The molecule has 0 aromatic heterocycles. The van der Waals surface area contributed by atoms with Crippen LogP contribution < -0.4 is 5.32 Å². The lowest BCUT2D eigenvalue weighted by Gasteiger charge is -2.28. The van der Waals surface area contributed by atoms with Crippen molar-refractivity contribution in [1.29, 1.82) is 0 Å². The van der Waals surface area contributed by atoms with E-state index in [4.69, 9.17) is 4.74 Å². The summed E-state index contributed by atoms with van der Waals surface area (Å²) in [5.74, 6) is -1.34. The monoisotopic (exact) mass is 446 g/mol. The summed E-state index contributed by atoms with van der Waals surface area (Å²) in [5.41, 5.74) is 2.29. The number of nitrogens with one attached hydrogen (secondary N) is 1. The Kier molecular flexibility index (Phi) is 7.15. The van der Waals surface area contributed by atoms with Gasteiger partial charge in [0.2, 0.25) is 0 Å². The van der Waals surface area contributed by atoms with Gasteiger partial charge in [0.15, 0.2) is 0 Å². The second kappa shape index (κ2) is 10.4. The van der Waals surface area contributed by atoms with Gasteiger partial charge in [0.25, 0.3) is 5.91 Å². The van der Waals surface area contributed by atoms with Crippen molar-refractivity contribution in [3.63, 3.8) is 0 Å². The highest BCUT2D eigenvalue weighted by atomic mass is 19.1. The average molecular weight is 447 g/mol. The molecule has 0 saturated carbocycles. The third-order valence-electron chi connectivity index (χ3n) is 6.15. The molecule has 1 fully saturated rings. The van der Waals surface area contributed by atoms with E-state index in [0.717, 1.165) is 11.1 Å². The summed E-state index contributed by atoms with van der Waals surface area (Å²) >= 11 is 0. The molecule has 5 nitrogen and oxygen atoms in total. The molecule has 33 heavy (non-hydrogen) atoms. The molecule has 0 radical (unpaired) electrons. The number of nitrogens with zero attached hydrogens (tertiary/aromatic N) is 1. The van der Waals surface area contributed by atoms with E-state index in [1.807, 2.05) is 36.4 Å². The molecule has 1 aliphatic heterocycles. The van der Waals surface area contributed by atoms with Crippen LogP contribution in [0.15, 0.2) is 84.9 Å². The van der Waals surface area contributed by atoms with Gasteiger partial charge in [0, 0.05) is 25.0 Å². The number of amides is 1. The maximum Gasteiger partial charge on any atom is 0.323 e. The molecule has 6 heteroatoms. The van der Waals surface area contributed by atoms with Crippen molar-refractivity contribution in [1.82, 2.24) is 10.2 Å². The van der Waals surface area contributed by atoms with E-state index < -0.39 is 17.8 Å². The van der Waals surface area contributed by atoms with Crippen LogP contribution in [-0.2, 0) is 9.53 Å². The smallest absolute Gasteiger partial charge is 0.323 e. The highest BCUT2D eigenvalue weighted by Crippen LogP contribution is 2.29. The molecule has 1 aliphatic rings. The minimum atomic E-state index is -0.567. The van der Waals surface area contributed by atoms with Crippen molar-refractivity contribution in [3.8, 4) is 0 Å². The Labute approximate surface area is 193 Å². The molecule has 1 amide bonds. The van der Waals surface area contributed by atoms with E-state index in [-0.39, 0.29) is 23.5 Å². The van der Waals surface area contributed by atoms with Crippen LogP contribution in [0.4, 0.5) is 4.39 Å². The Morgan fingerprint density at radius 3 is 2.12 bits per heavy atom. The number of halogens is 1. The highest BCUT2D eigenvalue weighted by molar-refractivity contribution is 5.94. The first-order chi connectivity index (χ1) is 16.1. The van der Waals surface area contributed by atoms with Gasteiger partial charge >= 0.3 is 5.97 Å². The summed E-state index contributed by atoms with van der Waals surface area (Å²) in [4.78, 5) is 27.3.